The van der Waals surface area contributed by atoms with Gasteiger partial charge in [0.1, 0.15) is 11.5 Å². The van der Waals surface area contributed by atoms with Gasteiger partial charge in [0.05, 0.1) is 25.0 Å². The van der Waals surface area contributed by atoms with Gasteiger partial charge in [-0.05, 0) is 42.5 Å². The van der Waals surface area contributed by atoms with E-state index >= 15 is 4.39 Å². The van der Waals surface area contributed by atoms with Gasteiger partial charge < -0.3 is 23.8 Å². The Kier molecular flexibility index (Phi) is 6.41. The highest BCUT2D eigenvalue weighted by molar-refractivity contribution is 7.80. The van der Waals surface area contributed by atoms with Crippen molar-refractivity contribution in [1.29, 1.82) is 0 Å². The number of aromatic nitrogens is 1. The molecule has 1 aromatic carbocycles. The standard InChI is InChI=1S/C22H26FN5O4S/c1-24-8-4-5-18(24)20(29)27-11-9-26(10-12-27)17-7-6-15(13-16(17)23)28-14-19(32-21(28)30)25(2)22(33)31-3/h4-8,13,19H,9-12,14H2,1-3H3. The molecule has 9 nitrogen and oxygen atoms in total. The molecule has 176 valence electrons. The van der Waals surface area contributed by atoms with Crippen molar-refractivity contribution >= 4 is 40.8 Å². The number of halogens is 1. The van der Waals surface area contributed by atoms with Crippen LogP contribution in [0.4, 0.5) is 20.6 Å². The summed E-state index contributed by atoms with van der Waals surface area (Å²) in [6, 6.07) is 8.31. The van der Waals surface area contributed by atoms with Gasteiger partial charge in [-0.15, -0.1) is 0 Å². The zero-order valence-corrected chi connectivity index (χ0v) is 19.5. The lowest BCUT2D eigenvalue weighted by atomic mass is 10.2. The molecule has 0 N–H and O–H groups in total. The SMILES string of the molecule is COC(=S)N(C)C1CN(c2ccc(N3CCN(C(=O)c4cccn4C)CC3)c(F)c2)C(=O)O1. The Balaban J connectivity index is 1.40. The van der Waals surface area contributed by atoms with E-state index in [1.165, 1.54) is 23.0 Å². The minimum atomic E-state index is -0.623. The van der Waals surface area contributed by atoms with Gasteiger partial charge in [0, 0.05) is 46.5 Å². The number of hydrogen-bond acceptors (Lipinski definition) is 6. The highest BCUT2D eigenvalue weighted by atomic mass is 32.1. The summed E-state index contributed by atoms with van der Waals surface area (Å²) in [5.41, 5.74) is 1.47. The summed E-state index contributed by atoms with van der Waals surface area (Å²) in [4.78, 5) is 31.6. The first-order valence-electron chi connectivity index (χ1n) is 10.5. The highest BCUT2D eigenvalue weighted by Crippen LogP contribution is 2.29. The fourth-order valence-corrected chi connectivity index (χ4v) is 4.16. The van der Waals surface area contributed by atoms with Crippen molar-refractivity contribution in [1.82, 2.24) is 14.4 Å². The predicted molar refractivity (Wildman–Crippen MR) is 125 cm³/mol. The molecular weight excluding hydrogens is 449 g/mol. The van der Waals surface area contributed by atoms with Gasteiger partial charge in [-0.2, -0.15) is 0 Å². The number of piperazine rings is 1. The van der Waals surface area contributed by atoms with Gasteiger partial charge in [-0.3, -0.25) is 14.6 Å². The van der Waals surface area contributed by atoms with Gasteiger partial charge in [0.25, 0.3) is 11.1 Å². The largest absolute Gasteiger partial charge is 0.474 e. The third-order valence-corrected chi connectivity index (χ3v) is 6.46. The third kappa shape index (κ3) is 4.45. The van der Waals surface area contributed by atoms with Crippen LogP contribution in [-0.2, 0) is 16.5 Å². The number of rotatable bonds is 4. The molecule has 33 heavy (non-hydrogen) atoms. The minimum absolute atomic E-state index is 0.0296. The molecule has 0 aliphatic carbocycles. The summed E-state index contributed by atoms with van der Waals surface area (Å²) in [6.07, 6.45) is 0.635. The lowest BCUT2D eigenvalue weighted by Crippen LogP contribution is -2.49. The molecule has 0 spiro atoms. The first-order chi connectivity index (χ1) is 15.8. The molecule has 1 aromatic heterocycles. The number of thiocarbonyl (C=S) groups is 1. The molecule has 2 fully saturated rings. The van der Waals surface area contributed by atoms with Crippen molar-refractivity contribution < 1.29 is 23.5 Å². The highest BCUT2D eigenvalue weighted by Gasteiger charge is 2.36. The monoisotopic (exact) mass is 475 g/mol. The zero-order valence-electron chi connectivity index (χ0n) is 18.7. The maximum absolute atomic E-state index is 15.0. The first kappa shape index (κ1) is 22.8. The number of methoxy groups -OCH3 is 1. The third-order valence-electron chi connectivity index (χ3n) is 6.00. The van der Waals surface area contributed by atoms with E-state index in [0.717, 1.165) is 0 Å². The molecule has 1 atom stereocenters. The lowest BCUT2D eigenvalue weighted by molar-refractivity contribution is 0.0677. The average molecular weight is 476 g/mol. The van der Waals surface area contributed by atoms with Crippen molar-refractivity contribution in [3.8, 4) is 0 Å². The fourth-order valence-electron chi connectivity index (χ4n) is 4.04. The van der Waals surface area contributed by atoms with E-state index in [2.05, 4.69) is 0 Å². The molecule has 2 aliphatic rings. The molecule has 2 amide bonds. The number of nitrogens with zero attached hydrogens (tertiary/aromatic N) is 5. The number of hydrogen-bond donors (Lipinski definition) is 0. The predicted octanol–water partition coefficient (Wildman–Crippen LogP) is 2.27. The van der Waals surface area contributed by atoms with E-state index in [9.17, 15) is 9.59 Å². The summed E-state index contributed by atoms with van der Waals surface area (Å²) >= 11 is 5.08. The van der Waals surface area contributed by atoms with Crippen LogP contribution >= 0.6 is 12.2 Å². The van der Waals surface area contributed by atoms with Crippen molar-refractivity contribution in [2.45, 2.75) is 6.23 Å². The molecule has 2 aliphatic heterocycles. The number of carbonyl (C=O) groups is 2. The molecule has 2 saturated heterocycles. The number of aryl methyl sites for hydroxylation is 1. The van der Waals surface area contributed by atoms with Crippen molar-refractivity contribution in [2.24, 2.45) is 7.05 Å². The van der Waals surface area contributed by atoms with Crippen LogP contribution in [0.2, 0.25) is 0 Å². The molecule has 2 aromatic rings. The molecule has 11 heteroatoms. The molecule has 1 unspecified atom stereocenters. The van der Waals surface area contributed by atoms with E-state index in [-0.39, 0.29) is 17.6 Å². The molecule has 0 radical (unpaired) electrons. The topological polar surface area (TPSA) is 70.5 Å². The molecule has 0 saturated carbocycles. The Bertz CT molecular complexity index is 1070. The quantitative estimate of drug-likeness (QED) is 0.629. The van der Waals surface area contributed by atoms with Crippen molar-refractivity contribution in [3.63, 3.8) is 0 Å². The number of ether oxygens (including phenoxy) is 2. The van der Waals surface area contributed by atoms with Gasteiger partial charge >= 0.3 is 6.09 Å². The number of amides is 2. The Morgan fingerprint density at radius 2 is 1.97 bits per heavy atom. The van der Waals surface area contributed by atoms with Gasteiger partial charge in [0.2, 0.25) is 0 Å². The van der Waals surface area contributed by atoms with E-state index in [0.29, 0.717) is 43.2 Å². The Morgan fingerprint density at radius 3 is 2.58 bits per heavy atom. The second-order valence-corrected chi connectivity index (χ2v) is 8.30. The van der Waals surface area contributed by atoms with Crippen LogP contribution in [0, 0.1) is 5.82 Å². The zero-order chi connectivity index (χ0) is 23.7. The maximum Gasteiger partial charge on any atom is 0.416 e. The fraction of sp³-hybridized carbons (Fsp3) is 0.409. The molecule has 4 rings (SSSR count). The van der Waals surface area contributed by atoms with E-state index < -0.39 is 18.1 Å². The first-order valence-corrected chi connectivity index (χ1v) is 10.9. The van der Waals surface area contributed by atoms with Crippen LogP contribution in [0.25, 0.3) is 0 Å². The minimum Gasteiger partial charge on any atom is -0.474 e. The van der Waals surface area contributed by atoms with Crippen LogP contribution in [0.1, 0.15) is 10.5 Å². The van der Waals surface area contributed by atoms with Gasteiger partial charge in [-0.25, -0.2) is 9.18 Å². The number of carbonyl (C=O) groups excluding carboxylic acids is 2. The normalized spacial score (nSPS) is 18.4. The van der Waals surface area contributed by atoms with Crippen LogP contribution in [0.5, 0.6) is 0 Å². The summed E-state index contributed by atoms with van der Waals surface area (Å²) in [7, 11) is 4.95. The van der Waals surface area contributed by atoms with E-state index in [1.54, 1.807) is 34.7 Å². The Labute approximate surface area is 196 Å². The van der Waals surface area contributed by atoms with Crippen LogP contribution in [0.15, 0.2) is 36.5 Å². The molecular formula is C22H26FN5O4S. The second-order valence-electron chi connectivity index (χ2n) is 7.95. The Hall–Kier alpha value is -3.34. The van der Waals surface area contributed by atoms with Crippen molar-refractivity contribution in [3.05, 3.63) is 48.0 Å². The van der Waals surface area contributed by atoms with Crippen LogP contribution < -0.4 is 9.80 Å². The van der Waals surface area contributed by atoms with Gasteiger partial charge in [0.15, 0.2) is 6.23 Å². The summed E-state index contributed by atoms with van der Waals surface area (Å²) < 4.78 is 27.2. The number of cyclic esters (lactones) is 1. The summed E-state index contributed by atoms with van der Waals surface area (Å²) in [5.74, 6) is -0.468. The van der Waals surface area contributed by atoms with E-state index in [1.807, 2.05) is 24.2 Å². The maximum atomic E-state index is 15.0. The molecule has 3 heterocycles. The van der Waals surface area contributed by atoms with Crippen LogP contribution in [0.3, 0.4) is 0 Å². The summed E-state index contributed by atoms with van der Waals surface area (Å²) in [6.45, 7) is 2.21. The summed E-state index contributed by atoms with van der Waals surface area (Å²) in [5, 5.41) is 0.195. The number of likely N-dealkylation sites (N-methyl/N-ethyl adjacent to an activating group) is 1. The molecule has 0 bridgehead atoms. The average Bonchev–Trinajstić information content (AvgIpc) is 3.43. The van der Waals surface area contributed by atoms with Crippen molar-refractivity contribution in [2.75, 3.05) is 56.7 Å². The van der Waals surface area contributed by atoms with E-state index in [4.69, 9.17) is 21.7 Å². The van der Waals surface area contributed by atoms with Crippen LogP contribution in [-0.4, -0.2) is 84.7 Å². The number of anilines is 2. The van der Waals surface area contributed by atoms with Gasteiger partial charge in [-0.1, -0.05) is 0 Å². The second kappa shape index (κ2) is 9.26. The Morgan fingerprint density at radius 1 is 1.24 bits per heavy atom. The lowest BCUT2D eigenvalue weighted by Gasteiger charge is -2.36. The number of benzene rings is 1. The smallest absolute Gasteiger partial charge is 0.416 e.